The number of halogens is 6. The van der Waals surface area contributed by atoms with Gasteiger partial charge in [-0.1, -0.05) is 39.1 Å². The third-order valence-electron chi connectivity index (χ3n) is 1.60. The Labute approximate surface area is 118 Å². The zero-order valence-corrected chi connectivity index (χ0v) is 11.5. The van der Waals surface area contributed by atoms with Crippen LogP contribution in [0.3, 0.4) is 0 Å². The number of ether oxygens (including phenoxy) is 1. The minimum absolute atomic E-state index is 0.0197. The van der Waals surface area contributed by atoms with Crippen molar-refractivity contribution in [1.82, 2.24) is 0 Å². The summed E-state index contributed by atoms with van der Waals surface area (Å²) in [6.07, 6.45) is -5.89. The Morgan fingerprint density at radius 3 is 2.28 bits per heavy atom. The molecule has 9 heteroatoms. The van der Waals surface area contributed by atoms with Crippen molar-refractivity contribution in [2.24, 2.45) is 0 Å². The number of benzene rings is 1. The Bertz CT molecular complexity index is 445. The number of carbonyl (C=O) groups excluding carboxylic acids is 1. The summed E-state index contributed by atoms with van der Waals surface area (Å²) >= 11 is 14.6. The van der Waals surface area contributed by atoms with Crippen molar-refractivity contribution in [3.8, 4) is 0 Å². The smallest absolute Gasteiger partial charge is 0.422 e. The Balaban J connectivity index is 2.71. The minimum Gasteiger partial charge on any atom is -0.440 e. The van der Waals surface area contributed by atoms with E-state index in [9.17, 15) is 18.0 Å². The van der Waals surface area contributed by atoms with E-state index in [-0.39, 0.29) is 15.7 Å². The van der Waals surface area contributed by atoms with Crippen molar-refractivity contribution in [1.29, 1.82) is 0 Å². The summed E-state index contributed by atoms with van der Waals surface area (Å²) in [6.45, 7) is -1.69. The zero-order chi connectivity index (χ0) is 13.9. The van der Waals surface area contributed by atoms with Gasteiger partial charge in [-0.2, -0.15) is 13.2 Å². The van der Waals surface area contributed by atoms with Gasteiger partial charge in [0.25, 0.3) is 0 Å². The fourth-order valence-corrected chi connectivity index (χ4v) is 2.25. The third kappa shape index (κ3) is 4.91. The quantitative estimate of drug-likeness (QED) is 0.811. The molecule has 0 unspecified atom stereocenters. The molecule has 0 aromatic heterocycles. The fraction of sp³-hybridized carbons (Fsp3) is 0.222. The summed E-state index contributed by atoms with van der Waals surface area (Å²) < 4.78 is 39.9. The van der Waals surface area contributed by atoms with E-state index in [0.717, 1.165) is 0 Å². The maximum Gasteiger partial charge on any atom is 0.422 e. The van der Waals surface area contributed by atoms with Gasteiger partial charge in [0, 0.05) is 4.47 Å². The van der Waals surface area contributed by atoms with E-state index in [1.165, 1.54) is 12.1 Å². The van der Waals surface area contributed by atoms with Gasteiger partial charge in [-0.25, -0.2) is 4.79 Å². The fourth-order valence-electron chi connectivity index (χ4n) is 0.947. The molecule has 1 aromatic rings. The predicted octanol–water partition coefficient (Wildman–Crippen LogP) is 4.87. The van der Waals surface area contributed by atoms with Crippen molar-refractivity contribution >= 4 is 50.9 Å². The molecule has 0 radical (unpaired) electrons. The van der Waals surface area contributed by atoms with E-state index in [1.54, 1.807) is 0 Å². The first kappa shape index (κ1) is 15.4. The van der Waals surface area contributed by atoms with Gasteiger partial charge in [0.15, 0.2) is 6.61 Å². The van der Waals surface area contributed by atoms with Crippen LogP contribution in [0.1, 0.15) is 0 Å². The zero-order valence-electron chi connectivity index (χ0n) is 8.45. The number of hydrogen-bond donors (Lipinski definition) is 1. The third-order valence-corrected chi connectivity index (χ3v) is 2.65. The number of carbonyl (C=O) groups is 1. The van der Waals surface area contributed by atoms with Gasteiger partial charge in [0.1, 0.15) is 0 Å². The lowest BCUT2D eigenvalue weighted by Gasteiger charge is -2.11. The summed E-state index contributed by atoms with van der Waals surface area (Å²) in [5.74, 6) is 0. The average molecular weight is 367 g/mol. The number of hydrogen-bond acceptors (Lipinski definition) is 2. The highest BCUT2D eigenvalue weighted by Crippen LogP contribution is 2.33. The standard InChI is InChI=1S/C9H5BrCl2F3NO2/c10-4-1-5(11)7(6(12)2-4)16-8(17)18-3-9(13,14)15/h1-2H,3H2,(H,16,17). The van der Waals surface area contributed by atoms with Crippen LogP contribution >= 0.6 is 39.1 Å². The topological polar surface area (TPSA) is 38.3 Å². The van der Waals surface area contributed by atoms with Crippen LogP contribution in [0.25, 0.3) is 0 Å². The second-order valence-corrected chi connectivity index (χ2v) is 4.79. The summed E-state index contributed by atoms with van der Waals surface area (Å²) in [5, 5.41) is 2.17. The molecule has 100 valence electrons. The lowest BCUT2D eigenvalue weighted by Crippen LogP contribution is -2.23. The summed E-state index contributed by atoms with van der Waals surface area (Å²) in [5.41, 5.74) is -0.0197. The molecule has 1 N–H and O–H groups in total. The highest BCUT2D eigenvalue weighted by Gasteiger charge is 2.29. The molecule has 1 aromatic carbocycles. The van der Waals surface area contributed by atoms with Crippen LogP contribution in [0.5, 0.6) is 0 Å². The number of rotatable bonds is 2. The van der Waals surface area contributed by atoms with Gasteiger partial charge < -0.3 is 4.74 Å². The van der Waals surface area contributed by atoms with E-state index in [0.29, 0.717) is 4.47 Å². The molecule has 1 amide bonds. The van der Waals surface area contributed by atoms with Crippen LogP contribution in [0.15, 0.2) is 16.6 Å². The van der Waals surface area contributed by atoms with E-state index in [4.69, 9.17) is 23.2 Å². The van der Waals surface area contributed by atoms with Crippen LogP contribution in [0.4, 0.5) is 23.7 Å². The van der Waals surface area contributed by atoms with Gasteiger partial charge in [-0.15, -0.1) is 0 Å². The van der Waals surface area contributed by atoms with Gasteiger partial charge in [-0.3, -0.25) is 5.32 Å². The van der Waals surface area contributed by atoms with Crippen molar-refractivity contribution in [2.45, 2.75) is 6.18 Å². The van der Waals surface area contributed by atoms with Gasteiger partial charge in [0.2, 0.25) is 0 Å². The first-order valence-corrected chi connectivity index (χ1v) is 5.89. The molecule has 0 saturated heterocycles. The molecule has 0 fully saturated rings. The van der Waals surface area contributed by atoms with Crippen LogP contribution in [-0.4, -0.2) is 18.9 Å². The monoisotopic (exact) mass is 365 g/mol. The van der Waals surface area contributed by atoms with Gasteiger partial charge in [-0.05, 0) is 12.1 Å². The first-order valence-electron chi connectivity index (χ1n) is 4.34. The van der Waals surface area contributed by atoms with E-state index in [1.807, 2.05) is 5.32 Å². The largest absolute Gasteiger partial charge is 0.440 e. The van der Waals surface area contributed by atoms with E-state index in [2.05, 4.69) is 20.7 Å². The lowest BCUT2D eigenvalue weighted by atomic mass is 10.3. The Morgan fingerprint density at radius 1 is 1.33 bits per heavy atom. The molecule has 0 aliphatic carbocycles. The minimum atomic E-state index is -4.59. The Morgan fingerprint density at radius 2 is 1.83 bits per heavy atom. The number of nitrogens with one attached hydrogen (secondary N) is 1. The SMILES string of the molecule is O=C(Nc1c(Cl)cc(Br)cc1Cl)OCC(F)(F)F. The Hall–Kier alpha value is -0.660. The maximum absolute atomic E-state index is 11.8. The summed E-state index contributed by atoms with van der Waals surface area (Å²) in [4.78, 5) is 11.1. The predicted molar refractivity (Wildman–Crippen MR) is 65.2 cm³/mol. The molecule has 0 aliphatic rings. The van der Waals surface area contributed by atoms with Crippen LogP contribution < -0.4 is 5.32 Å². The van der Waals surface area contributed by atoms with Gasteiger partial charge in [0.05, 0.1) is 15.7 Å². The molecule has 0 spiro atoms. The lowest BCUT2D eigenvalue weighted by molar-refractivity contribution is -0.159. The highest BCUT2D eigenvalue weighted by atomic mass is 79.9. The molecular weight excluding hydrogens is 362 g/mol. The van der Waals surface area contributed by atoms with Crippen molar-refractivity contribution in [3.63, 3.8) is 0 Å². The molecule has 1 rings (SSSR count). The van der Waals surface area contributed by atoms with Crippen LogP contribution in [0, 0.1) is 0 Å². The van der Waals surface area contributed by atoms with E-state index < -0.39 is 18.9 Å². The van der Waals surface area contributed by atoms with Crippen molar-refractivity contribution < 1.29 is 22.7 Å². The van der Waals surface area contributed by atoms with Crippen molar-refractivity contribution in [3.05, 3.63) is 26.7 Å². The van der Waals surface area contributed by atoms with E-state index >= 15 is 0 Å². The molecular formula is C9H5BrCl2F3NO2. The summed E-state index contributed by atoms with van der Waals surface area (Å²) in [6, 6.07) is 2.85. The van der Waals surface area contributed by atoms with Crippen molar-refractivity contribution in [2.75, 3.05) is 11.9 Å². The molecule has 0 bridgehead atoms. The molecule has 0 atom stereocenters. The molecule has 18 heavy (non-hydrogen) atoms. The van der Waals surface area contributed by atoms with Gasteiger partial charge >= 0.3 is 12.3 Å². The second-order valence-electron chi connectivity index (χ2n) is 3.06. The number of alkyl halides is 3. The molecule has 0 heterocycles. The Kier molecular flexibility index (Phi) is 5.12. The normalized spacial score (nSPS) is 11.2. The number of anilines is 1. The average Bonchev–Trinajstić information content (AvgIpc) is 2.19. The molecule has 3 nitrogen and oxygen atoms in total. The highest BCUT2D eigenvalue weighted by molar-refractivity contribution is 9.10. The molecule has 0 aliphatic heterocycles. The first-order chi connectivity index (χ1) is 8.19. The number of amides is 1. The van der Waals surface area contributed by atoms with Crippen LogP contribution in [0.2, 0.25) is 10.0 Å². The molecule has 0 saturated carbocycles. The maximum atomic E-state index is 11.8. The van der Waals surface area contributed by atoms with Crippen LogP contribution in [-0.2, 0) is 4.74 Å². The second kappa shape index (κ2) is 5.99. The summed E-state index contributed by atoms with van der Waals surface area (Å²) in [7, 11) is 0.